The van der Waals surface area contributed by atoms with Crippen LogP contribution in [0.1, 0.15) is 12.8 Å². The van der Waals surface area contributed by atoms with Crippen molar-refractivity contribution in [2.45, 2.75) is 12.8 Å². The Morgan fingerprint density at radius 1 is 1.42 bits per heavy atom. The summed E-state index contributed by atoms with van der Waals surface area (Å²) in [5.41, 5.74) is -0.316. The van der Waals surface area contributed by atoms with Gasteiger partial charge in [0, 0.05) is 6.07 Å². The van der Waals surface area contributed by atoms with Crippen LogP contribution in [0.4, 0.5) is 10.1 Å². The third-order valence-corrected chi connectivity index (χ3v) is 3.06. The molecule has 1 fully saturated rings. The fourth-order valence-corrected chi connectivity index (χ4v) is 2.03. The Hall–Kier alpha value is -1.40. The predicted octanol–water partition coefficient (Wildman–Crippen LogP) is 2.53. The van der Waals surface area contributed by atoms with E-state index in [4.69, 9.17) is 4.74 Å². The minimum Gasteiger partial charge on any atom is -0.484 e. The SMILES string of the molecule is Cl.O=[N+]([O-])c1cccc(F)c1OCC1CCNCC1. The Balaban J connectivity index is 0.00000180. The van der Waals surface area contributed by atoms with Crippen LogP contribution in [0.25, 0.3) is 0 Å². The van der Waals surface area contributed by atoms with E-state index in [1.807, 2.05) is 0 Å². The molecular formula is C12H16ClFN2O3. The highest BCUT2D eigenvalue weighted by Gasteiger charge is 2.21. The van der Waals surface area contributed by atoms with Gasteiger partial charge in [-0.05, 0) is 37.9 Å². The van der Waals surface area contributed by atoms with Gasteiger partial charge in [-0.2, -0.15) is 0 Å². The van der Waals surface area contributed by atoms with Crippen molar-refractivity contribution in [3.63, 3.8) is 0 Å². The normalized spacial score (nSPS) is 15.6. The number of nitro groups is 1. The van der Waals surface area contributed by atoms with E-state index < -0.39 is 10.7 Å². The van der Waals surface area contributed by atoms with Gasteiger partial charge in [0.1, 0.15) is 0 Å². The molecule has 0 spiro atoms. The zero-order valence-electron chi connectivity index (χ0n) is 10.3. The fraction of sp³-hybridized carbons (Fsp3) is 0.500. The molecule has 106 valence electrons. The molecule has 7 heteroatoms. The number of nitrogens with one attached hydrogen (secondary N) is 1. The zero-order valence-corrected chi connectivity index (χ0v) is 11.1. The van der Waals surface area contributed by atoms with E-state index in [0.29, 0.717) is 12.5 Å². The lowest BCUT2D eigenvalue weighted by Crippen LogP contribution is -2.30. The highest BCUT2D eigenvalue weighted by Crippen LogP contribution is 2.30. The molecule has 1 heterocycles. The topological polar surface area (TPSA) is 64.4 Å². The number of hydrogen-bond donors (Lipinski definition) is 1. The van der Waals surface area contributed by atoms with Crippen LogP contribution in [0.5, 0.6) is 5.75 Å². The molecule has 0 unspecified atom stereocenters. The van der Waals surface area contributed by atoms with Crippen molar-refractivity contribution in [3.8, 4) is 5.75 Å². The summed E-state index contributed by atoms with van der Waals surface area (Å²) >= 11 is 0. The fourth-order valence-electron chi connectivity index (χ4n) is 2.03. The van der Waals surface area contributed by atoms with Crippen molar-refractivity contribution in [3.05, 3.63) is 34.1 Å². The zero-order chi connectivity index (χ0) is 13.0. The number of piperidine rings is 1. The van der Waals surface area contributed by atoms with Gasteiger partial charge in [0.05, 0.1) is 11.5 Å². The first-order chi connectivity index (χ1) is 8.68. The number of ether oxygens (including phenoxy) is 1. The lowest BCUT2D eigenvalue weighted by atomic mass is 9.99. The molecule has 1 aliphatic rings. The maximum atomic E-state index is 13.5. The number of hydrogen-bond acceptors (Lipinski definition) is 4. The van der Waals surface area contributed by atoms with Crippen molar-refractivity contribution < 1.29 is 14.1 Å². The first-order valence-electron chi connectivity index (χ1n) is 5.95. The second kappa shape index (κ2) is 7.25. The van der Waals surface area contributed by atoms with Crippen LogP contribution in [0.2, 0.25) is 0 Å². The maximum Gasteiger partial charge on any atom is 0.314 e. The molecule has 19 heavy (non-hydrogen) atoms. The van der Waals surface area contributed by atoms with Crippen LogP contribution in [-0.4, -0.2) is 24.6 Å². The summed E-state index contributed by atoms with van der Waals surface area (Å²) in [4.78, 5) is 10.1. The summed E-state index contributed by atoms with van der Waals surface area (Å²) in [5.74, 6) is -0.607. The Morgan fingerprint density at radius 3 is 2.74 bits per heavy atom. The Labute approximate surface area is 116 Å². The molecular weight excluding hydrogens is 275 g/mol. The monoisotopic (exact) mass is 290 g/mol. The summed E-state index contributed by atoms with van der Waals surface area (Å²) in [6.07, 6.45) is 1.89. The maximum absolute atomic E-state index is 13.5. The lowest BCUT2D eigenvalue weighted by molar-refractivity contribution is -0.386. The van der Waals surface area contributed by atoms with E-state index in [9.17, 15) is 14.5 Å². The third-order valence-electron chi connectivity index (χ3n) is 3.06. The van der Waals surface area contributed by atoms with Crippen LogP contribution >= 0.6 is 12.4 Å². The Kier molecular flexibility index (Phi) is 5.98. The molecule has 0 radical (unpaired) electrons. The van der Waals surface area contributed by atoms with E-state index in [1.165, 1.54) is 18.2 Å². The summed E-state index contributed by atoms with van der Waals surface area (Å²) < 4.78 is 18.8. The second-order valence-electron chi connectivity index (χ2n) is 4.35. The van der Waals surface area contributed by atoms with Gasteiger partial charge in [0.25, 0.3) is 0 Å². The molecule has 1 saturated heterocycles. The highest BCUT2D eigenvalue weighted by atomic mass is 35.5. The van der Waals surface area contributed by atoms with Crippen LogP contribution in [0.15, 0.2) is 18.2 Å². The molecule has 5 nitrogen and oxygen atoms in total. The molecule has 2 rings (SSSR count). The first kappa shape index (κ1) is 15.7. The van der Waals surface area contributed by atoms with Gasteiger partial charge in [0.2, 0.25) is 5.75 Å². The van der Waals surface area contributed by atoms with Crippen molar-refractivity contribution in [2.24, 2.45) is 5.92 Å². The molecule has 0 amide bonds. The van der Waals surface area contributed by atoms with E-state index in [2.05, 4.69) is 5.32 Å². The first-order valence-corrected chi connectivity index (χ1v) is 5.95. The number of benzene rings is 1. The van der Waals surface area contributed by atoms with Crippen LogP contribution in [0.3, 0.4) is 0 Å². The molecule has 1 aromatic carbocycles. The number of nitro benzene ring substituents is 1. The average molecular weight is 291 g/mol. The van der Waals surface area contributed by atoms with E-state index in [0.717, 1.165) is 25.9 Å². The molecule has 0 bridgehead atoms. The minimum atomic E-state index is -0.682. The Bertz CT molecular complexity index is 439. The molecule has 0 aliphatic carbocycles. The van der Waals surface area contributed by atoms with Crippen molar-refractivity contribution in [2.75, 3.05) is 19.7 Å². The van der Waals surface area contributed by atoms with Gasteiger partial charge >= 0.3 is 5.69 Å². The summed E-state index contributed by atoms with van der Waals surface area (Å²) in [6, 6.07) is 3.73. The van der Waals surface area contributed by atoms with Crippen molar-refractivity contribution in [1.82, 2.24) is 5.32 Å². The smallest absolute Gasteiger partial charge is 0.314 e. The average Bonchev–Trinajstić information content (AvgIpc) is 2.38. The van der Waals surface area contributed by atoms with Gasteiger partial charge in [-0.1, -0.05) is 6.07 Å². The number of nitrogens with zero attached hydrogens (tertiary/aromatic N) is 1. The molecule has 1 aliphatic heterocycles. The number of para-hydroxylation sites is 1. The van der Waals surface area contributed by atoms with Crippen LogP contribution in [-0.2, 0) is 0 Å². The van der Waals surface area contributed by atoms with Gasteiger partial charge in [0.15, 0.2) is 5.82 Å². The highest BCUT2D eigenvalue weighted by molar-refractivity contribution is 5.85. The van der Waals surface area contributed by atoms with Gasteiger partial charge in [-0.15, -0.1) is 12.4 Å². The van der Waals surface area contributed by atoms with E-state index in [-0.39, 0.29) is 23.8 Å². The van der Waals surface area contributed by atoms with Crippen LogP contribution < -0.4 is 10.1 Å². The summed E-state index contributed by atoms with van der Waals surface area (Å²) in [7, 11) is 0. The second-order valence-corrected chi connectivity index (χ2v) is 4.35. The molecule has 1 aromatic rings. The van der Waals surface area contributed by atoms with Gasteiger partial charge in [-0.3, -0.25) is 10.1 Å². The number of halogens is 2. The van der Waals surface area contributed by atoms with Crippen molar-refractivity contribution in [1.29, 1.82) is 0 Å². The largest absolute Gasteiger partial charge is 0.484 e. The predicted molar refractivity (Wildman–Crippen MR) is 71.4 cm³/mol. The van der Waals surface area contributed by atoms with Crippen LogP contribution in [0, 0.1) is 21.8 Å². The lowest BCUT2D eigenvalue weighted by Gasteiger charge is -2.22. The molecule has 0 saturated carbocycles. The van der Waals surface area contributed by atoms with E-state index >= 15 is 0 Å². The third kappa shape index (κ3) is 4.04. The van der Waals surface area contributed by atoms with Gasteiger partial charge < -0.3 is 10.1 Å². The van der Waals surface area contributed by atoms with E-state index in [1.54, 1.807) is 0 Å². The van der Waals surface area contributed by atoms with Gasteiger partial charge in [-0.25, -0.2) is 4.39 Å². The molecule has 0 atom stereocenters. The Morgan fingerprint density at radius 2 is 2.11 bits per heavy atom. The molecule has 1 N–H and O–H groups in total. The summed E-state index contributed by atoms with van der Waals surface area (Å²) in [5, 5.41) is 14.0. The standard InChI is InChI=1S/C12H15FN2O3.ClH/c13-10-2-1-3-11(15(16)17)12(10)18-8-9-4-6-14-7-5-9;/h1-3,9,14H,4-8H2;1H. The quantitative estimate of drug-likeness (QED) is 0.684. The molecule has 0 aromatic heterocycles. The number of rotatable bonds is 4. The van der Waals surface area contributed by atoms with Crippen molar-refractivity contribution >= 4 is 18.1 Å². The summed E-state index contributed by atoms with van der Waals surface area (Å²) in [6.45, 7) is 2.14. The minimum absolute atomic E-state index is 0.